The minimum absolute atomic E-state index is 0.230. The van der Waals surface area contributed by atoms with Crippen LogP contribution in [0.15, 0.2) is 12.3 Å². The maximum Gasteiger partial charge on any atom is 0.208 e. The van der Waals surface area contributed by atoms with Gasteiger partial charge in [-0.3, -0.25) is 0 Å². The fourth-order valence-electron chi connectivity index (χ4n) is 2.53. The molecule has 0 saturated carbocycles. The van der Waals surface area contributed by atoms with Crippen molar-refractivity contribution in [2.75, 3.05) is 0 Å². The van der Waals surface area contributed by atoms with Gasteiger partial charge in [0.15, 0.2) is 0 Å². The first kappa shape index (κ1) is 8.11. The van der Waals surface area contributed by atoms with Gasteiger partial charge >= 0.3 is 0 Å². The molecule has 2 heterocycles. The summed E-state index contributed by atoms with van der Waals surface area (Å²) in [6, 6.07) is 0. The Kier molecular flexibility index (Phi) is 1.39. The van der Waals surface area contributed by atoms with Crippen LogP contribution in [-0.2, 0) is 9.47 Å². The summed E-state index contributed by atoms with van der Waals surface area (Å²) in [4.78, 5) is 0. The van der Waals surface area contributed by atoms with E-state index in [0.717, 1.165) is 18.6 Å². The normalized spacial score (nSPS) is 52.2. The van der Waals surface area contributed by atoms with Gasteiger partial charge in [-0.2, -0.15) is 0 Å². The molecule has 0 aromatic rings. The first-order chi connectivity index (χ1) is 5.44. The minimum Gasteiger partial charge on any atom is -0.465 e. The first-order valence-corrected chi connectivity index (χ1v) is 4.52. The lowest BCUT2D eigenvalue weighted by molar-refractivity contribution is -0.206. The Morgan fingerprint density at radius 2 is 2.08 bits per heavy atom. The van der Waals surface area contributed by atoms with Crippen molar-refractivity contribution in [2.45, 2.75) is 45.0 Å². The van der Waals surface area contributed by atoms with Crippen LogP contribution in [0.1, 0.15) is 33.6 Å². The lowest BCUT2D eigenvalue weighted by Crippen LogP contribution is -2.40. The molecule has 2 saturated heterocycles. The zero-order valence-corrected chi connectivity index (χ0v) is 8.02. The van der Waals surface area contributed by atoms with E-state index in [9.17, 15) is 0 Å². The predicted molar refractivity (Wildman–Crippen MR) is 46.5 cm³/mol. The van der Waals surface area contributed by atoms with Crippen molar-refractivity contribution < 1.29 is 9.47 Å². The summed E-state index contributed by atoms with van der Waals surface area (Å²) in [5.74, 6) is 1.06. The molecule has 12 heavy (non-hydrogen) atoms. The summed E-state index contributed by atoms with van der Waals surface area (Å²) >= 11 is 0. The monoisotopic (exact) mass is 168 g/mol. The van der Waals surface area contributed by atoms with Crippen LogP contribution in [0.3, 0.4) is 0 Å². The van der Waals surface area contributed by atoms with E-state index in [2.05, 4.69) is 20.4 Å². The summed E-state index contributed by atoms with van der Waals surface area (Å²) < 4.78 is 11.5. The zero-order valence-electron chi connectivity index (χ0n) is 8.02. The van der Waals surface area contributed by atoms with E-state index < -0.39 is 5.79 Å². The molecule has 2 aliphatic heterocycles. The Balaban J connectivity index is 2.33. The Bertz CT molecular complexity index is 236. The summed E-state index contributed by atoms with van der Waals surface area (Å²) in [7, 11) is 0. The molecule has 0 aromatic carbocycles. The van der Waals surface area contributed by atoms with Gasteiger partial charge in [-0.1, -0.05) is 13.5 Å². The number of hydrogen-bond donors (Lipinski definition) is 0. The predicted octanol–water partition coefficient (Wildman–Crippen LogP) is 2.45. The SMILES string of the molecule is C=C1O[C@@]2(C)CC(C)C[C@]1(C)O2. The van der Waals surface area contributed by atoms with Crippen LogP contribution < -0.4 is 0 Å². The number of fused-ring (bicyclic) bond motifs is 2. The van der Waals surface area contributed by atoms with Gasteiger partial charge in [-0.15, -0.1) is 0 Å². The molecule has 3 atom stereocenters. The second-order valence-electron chi connectivity index (χ2n) is 4.51. The fourth-order valence-corrected chi connectivity index (χ4v) is 2.53. The topological polar surface area (TPSA) is 18.5 Å². The number of rotatable bonds is 0. The molecular weight excluding hydrogens is 152 g/mol. The Morgan fingerprint density at radius 1 is 1.42 bits per heavy atom. The van der Waals surface area contributed by atoms with Crippen LogP contribution in [-0.4, -0.2) is 11.4 Å². The average molecular weight is 168 g/mol. The third kappa shape index (κ3) is 0.977. The lowest BCUT2D eigenvalue weighted by Gasteiger charge is -2.35. The van der Waals surface area contributed by atoms with Gasteiger partial charge in [0.2, 0.25) is 5.79 Å². The van der Waals surface area contributed by atoms with E-state index >= 15 is 0 Å². The molecule has 0 spiro atoms. The van der Waals surface area contributed by atoms with Crippen molar-refractivity contribution in [2.24, 2.45) is 5.92 Å². The minimum atomic E-state index is -0.399. The van der Waals surface area contributed by atoms with Crippen molar-refractivity contribution in [1.29, 1.82) is 0 Å². The Labute approximate surface area is 73.5 Å². The summed E-state index contributed by atoms with van der Waals surface area (Å²) in [6.07, 6.45) is 2.00. The van der Waals surface area contributed by atoms with Crippen LogP contribution >= 0.6 is 0 Å². The molecule has 0 aromatic heterocycles. The first-order valence-electron chi connectivity index (χ1n) is 4.52. The average Bonchev–Trinajstić information content (AvgIpc) is 1.96. The third-order valence-corrected chi connectivity index (χ3v) is 2.83. The van der Waals surface area contributed by atoms with Gasteiger partial charge in [-0.05, 0) is 19.3 Å². The number of ether oxygens (including phenoxy) is 2. The molecule has 2 nitrogen and oxygen atoms in total. The molecule has 0 aliphatic carbocycles. The maximum absolute atomic E-state index is 5.83. The van der Waals surface area contributed by atoms with E-state index in [-0.39, 0.29) is 5.60 Å². The molecule has 0 amide bonds. The van der Waals surface area contributed by atoms with Crippen molar-refractivity contribution in [3.05, 3.63) is 12.3 Å². The van der Waals surface area contributed by atoms with E-state index in [1.807, 2.05) is 6.92 Å². The van der Waals surface area contributed by atoms with Gasteiger partial charge in [0.1, 0.15) is 11.4 Å². The molecule has 0 N–H and O–H groups in total. The van der Waals surface area contributed by atoms with Gasteiger partial charge < -0.3 is 9.47 Å². The summed E-state index contributed by atoms with van der Waals surface area (Å²) in [6.45, 7) is 10.2. The molecule has 2 fully saturated rings. The van der Waals surface area contributed by atoms with Crippen LogP contribution in [0.25, 0.3) is 0 Å². The largest absolute Gasteiger partial charge is 0.465 e. The quantitative estimate of drug-likeness (QED) is 0.553. The van der Waals surface area contributed by atoms with Crippen LogP contribution in [0.2, 0.25) is 0 Å². The standard InChI is InChI=1S/C10H16O2/c1-7-5-9(3)8(2)11-10(4,6-7)12-9/h7H,2,5-6H2,1,3-4H3/t7?,9-,10+/m0/s1. The molecule has 68 valence electrons. The maximum atomic E-state index is 5.83. The smallest absolute Gasteiger partial charge is 0.208 e. The van der Waals surface area contributed by atoms with Gasteiger partial charge in [-0.25, -0.2) is 0 Å². The van der Waals surface area contributed by atoms with E-state index in [0.29, 0.717) is 5.92 Å². The molecule has 2 rings (SSSR count). The second kappa shape index (κ2) is 2.05. The third-order valence-electron chi connectivity index (χ3n) is 2.83. The molecule has 0 radical (unpaired) electrons. The van der Waals surface area contributed by atoms with Crippen LogP contribution in [0, 0.1) is 5.92 Å². The zero-order chi connectivity index (χ0) is 8.98. The highest BCUT2D eigenvalue weighted by molar-refractivity contribution is 5.13. The summed E-state index contributed by atoms with van der Waals surface area (Å²) in [5.41, 5.74) is -0.230. The van der Waals surface area contributed by atoms with Crippen molar-refractivity contribution in [3.8, 4) is 0 Å². The van der Waals surface area contributed by atoms with Gasteiger partial charge in [0.25, 0.3) is 0 Å². The van der Waals surface area contributed by atoms with Gasteiger partial charge in [0.05, 0.1) is 0 Å². The highest BCUT2D eigenvalue weighted by Crippen LogP contribution is 2.50. The fraction of sp³-hybridized carbons (Fsp3) is 0.800. The van der Waals surface area contributed by atoms with Crippen molar-refractivity contribution in [3.63, 3.8) is 0 Å². The Morgan fingerprint density at radius 3 is 2.67 bits per heavy atom. The van der Waals surface area contributed by atoms with E-state index in [4.69, 9.17) is 9.47 Å². The van der Waals surface area contributed by atoms with Crippen molar-refractivity contribution >= 4 is 0 Å². The molecule has 1 unspecified atom stereocenters. The van der Waals surface area contributed by atoms with E-state index in [1.54, 1.807) is 0 Å². The molecule has 2 aliphatic rings. The molecule has 2 heteroatoms. The van der Waals surface area contributed by atoms with E-state index in [1.165, 1.54) is 0 Å². The second-order valence-corrected chi connectivity index (χ2v) is 4.51. The highest BCUT2D eigenvalue weighted by Gasteiger charge is 2.53. The summed E-state index contributed by atoms with van der Waals surface area (Å²) in [5, 5.41) is 0. The highest BCUT2D eigenvalue weighted by atomic mass is 16.8. The molecular formula is C10H16O2. The van der Waals surface area contributed by atoms with Gasteiger partial charge in [0, 0.05) is 13.3 Å². The van der Waals surface area contributed by atoms with Crippen molar-refractivity contribution in [1.82, 2.24) is 0 Å². The van der Waals surface area contributed by atoms with Crippen LogP contribution in [0.5, 0.6) is 0 Å². The Hall–Kier alpha value is -0.500. The molecule has 2 bridgehead atoms. The van der Waals surface area contributed by atoms with Crippen LogP contribution in [0.4, 0.5) is 0 Å². The number of hydrogen-bond acceptors (Lipinski definition) is 2. The lowest BCUT2D eigenvalue weighted by atomic mass is 9.86.